The van der Waals surface area contributed by atoms with Crippen LogP contribution in [0.2, 0.25) is 0 Å². The van der Waals surface area contributed by atoms with Crippen molar-refractivity contribution in [3.63, 3.8) is 0 Å². The summed E-state index contributed by atoms with van der Waals surface area (Å²) in [7, 11) is 0. The van der Waals surface area contributed by atoms with Gasteiger partial charge in [0.2, 0.25) is 16.9 Å². The van der Waals surface area contributed by atoms with E-state index >= 15 is 0 Å². The third-order valence-electron chi connectivity index (χ3n) is 4.65. The second-order valence-electron chi connectivity index (χ2n) is 7.39. The van der Waals surface area contributed by atoms with Crippen LogP contribution in [0.4, 0.5) is 0 Å². The molecule has 1 rings (SSSR count). The zero-order valence-electron chi connectivity index (χ0n) is 18.7. The molecule has 0 fully saturated rings. The van der Waals surface area contributed by atoms with Crippen molar-refractivity contribution in [2.45, 2.75) is 51.1 Å². The summed E-state index contributed by atoms with van der Waals surface area (Å²) in [6.07, 6.45) is 1.33. The van der Waals surface area contributed by atoms with E-state index < -0.39 is 47.5 Å². The predicted molar refractivity (Wildman–Crippen MR) is 125 cm³/mol. The number of nitrogens with two attached hydrogens (primary N) is 1. The number of rotatable bonds is 15. The average molecular weight is 496 g/mol. The SMILES string of the molecule is CCCCC(=O)c1ccccc1C(=O)SC[C@@H](NC(=O)CCC(N)C(=O)O)C(=O)NCC(=O)O. The Morgan fingerprint density at radius 1 is 1.03 bits per heavy atom. The van der Waals surface area contributed by atoms with E-state index in [1.807, 2.05) is 6.92 Å². The molecule has 1 aromatic carbocycles. The van der Waals surface area contributed by atoms with Crippen molar-refractivity contribution in [3.05, 3.63) is 35.4 Å². The maximum Gasteiger partial charge on any atom is 0.322 e. The highest BCUT2D eigenvalue weighted by Gasteiger charge is 2.25. The largest absolute Gasteiger partial charge is 0.480 e. The second kappa shape index (κ2) is 14.8. The molecule has 6 N–H and O–H groups in total. The Hall–Kier alpha value is -3.25. The number of carboxylic acids is 2. The first kappa shape index (κ1) is 28.8. The fourth-order valence-electron chi connectivity index (χ4n) is 2.76. The first-order valence-corrected chi connectivity index (χ1v) is 11.6. The van der Waals surface area contributed by atoms with Gasteiger partial charge < -0.3 is 26.6 Å². The lowest BCUT2D eigenvalue weighted by molar-refractivity contribution is -0.139. The predicted octanol–water partition coefficient (Wildman–Crippen LogP) is 0.811. The minimum absolute atomic E-state index is 0.176. The van der Waals surface area contributed by atoms with Crippen LogP contribution < -0.4 is 16.4 Å². The summed E-state index contributed by atoms with van der Waals surface area (Å²) in [4.78, 5) is 71.4. The first-order valence-electron chi connectivity index (χ1n) is 10.6. The fraction of sp³-hybridized carbons (Fsp3) is 0.455. The molecule has 12 heteroatoms. The van der Waals surface area contributed by atoms with Gasteiger partial charge in [-0.3, -0.25) is 28.8 Å². The lowest BCUT2D eigenvalue weighted by Crippen LogP contribution is -2.49. The standard InChI is InChI=1S/C22H29N3O8S/c1-2-3-8-17(26)13-6-4-5-7-14(13)22(33)34-12-16(20(30)24-11-19(28)29)25-18(27)10-9-15(23)21(31)32/h4-7,15-16H,2-3,8-12,23H2,1H3,(H,24,30)(H,25,27)(H,28,29)(H,31,32)/t15?,16-/m1/s1. The Labute approximate surface area is 200 Å². The zero-order valence-corrected chi connectivity index (χ0v) is 19.6. The van der Waals surface area contributed by atoms with Crippen molar-refractivity contribution in [2.24, 2.45) is 5.73 Å². The molecule has 0 radical (unpaired) electrons. The van der Waals surface area contributed by atoms with E-state index in [1.165, 1.54) is 6.07 Å². The van der Waals surface area contributed by atoms with Crippen molar-refractivity contribution < 1.29 is 39.0 Å². The molecule has 0 aliphatic carbocycles. The van der Waals surface area contributed by atoms with Crippen LogP contribution in [-0.4, -0.2) is 69.2 Å². The number of amides is 2. The fourth-order valence-corrected chi connectivity index (χ4v) is 3.64. The molecule has 0 aliphatic rings. The summed E-state index contributed by atoms with van der Waals surface area (Å²) in [5, 5.41) is 21.6. The van der Waals surface area contributed by atoms with Gasteiger partial charge in [0.15, 0.2) is 5.78 Å². The molecule has 0 saturated carbocycles. The van der Waals surface area contributed by atoms with E-state index in [0.717, 1.165) is 6.42 Å². The number of nitrogens with one attached hydrogen (secondary N) is 2. The molecular weight excluding hydrogens is 466 g/mol. The summed E-state index contributed by atoms with van der Waals surface area (Å²) in [6.45, 7) is 1.25. The van der Waals surface area contributed by atoms with E-state index in [2.05, 4.69) is 10.6 Å². The van der Waals surface area contributed by atoms with Crippen LogP contribution in [0.1, 0.15) is 59.7 Å². The van der Waals surface area contributed by atoms with Crippen LogP contribution in [0.3, 0.4) is 0 Å². The van der Waals surface area contributed by atoms with Gasteiger partial charge in [0, 0.05) is 29.7 Å². The summed E-state index contributed by atoms with van der Waals surface area (Å²) in [5.41, 5.74) is 5.82. The van der Waals surface area contributed by atoms with Gasteiger partial charge in [0.05, 0.1) is 0 Å². The Kier molecular flexibility index (Phi) is 12.5. The third-order valence-corrected chi connectivity index (χ3v) is 5.63. The summed E-state index contributed by atoms with van der Waals surface area (Å²) >= 11 is 0.694. The van der Waals surface area contributed by atoms with Gasteiger partial charge >= 0.3 is 11.9 Å². The van der Waals surface area contributed by atoms with Gasteiger partial charge in [-0.25, -0.2) is 0 Å². The molecule has 2 amide bonds. The highest BCUT2D eigenvalue weighted by atomic mass is 32.2. The highest BCUT2D eigenvalue weighted by Crippen LogP contribution is 2.20. The van der Waals surface area contributed by atoms with Gasteiger partial charge in [-0.15, -0.1) is 0 Å². The molecule has 0 heterocycles. The van der Waals surface area contributed by atoms with Crippen LogP contribution in [0.15, 0.2) is 24.3 Å². The highest BCUT2D eigenvalue weighted by molar-refractivity contribution is 8.14. The molecule has 186 valence electrons. The number of Topliss-reactive ketones (excluding diaryl/α,β-unsaturated/α-hetero) is 1. The van der Waals surface area contributed by atoms with Gasteiger partial charge in [-0.05, 0) is 18.9 Å². The van der Waals surface area contributed by atoms with Crippen molar-refractivity contribution >= 4 is 46.4 Å². The topological polar surface area (TPSA) is 193 Å². The van der Waals surface area contributed by atoms with E-state index in [-0.39, 0.29) is 35.5 Å². The number of hydrogen-bond donors (Lipinski definition) is 5. The Morgan fingerprint density at radius 2 is 1.68 bits per heavy atom. The molecule has 2 atom stereocenters. The number of carboxylic acid groups (broad SMARTS) is 2. The molecule has 0 saturated heterocycles. The molecule has 34 heavy (non-hydrogen) atoms. The number of aliphatic carboxylic acids is 2. The van der Waals surface area contributed by atoms with E-state index in [4.69, 9.17) is 15.9 Å². The lowest BCUT2D eigenvalue weighted by atomic mass is 10.0. The van der Waals surface area contributed by atoms with E-state index in [1.54, 1.807) is 18.2 Å². The molecule has 1 aromatic rings. The lowest BCUT2D eigenvalue weighted by Gasteiger charge is -2.18. The number of thioether (sulfide) groups is 1. The minimum Gasteiger partial charge on any atom is -0.480 e. The van der Waals surface area contributed by atoms with Gasteiger partial charge in [0.25, 0.3) is 0 Å². The van der Waals surface area contributed by atoms with Gasteiger partial charge in [-0.1, -0.05) is 43.3 Å². The molecule has 0 aliphatic heterocycles. The van der Waals surface area contributed by atoms with Crippen LogP contribution in [0.5, 0.6) is 0 Å². The molecule has 0 spiro atoms. The van der Waals surface area contributed by atoms with E-state index in [9.17, 15) is 28.8 Å². The second-order valence-corrected chi connectivity index (χ2v) is 8.38. The monoisotopic (exact) mass is 495 g/mol. The molecule has 0 bridgehead atoms. The maximum atomic E-state index is 12.8. The summed E-state index contributed by atoms with van der Waals surface area (Å²) in [6, 6.07) is 3.77. The number of carbonyl (C=O) groups excluding carboxylic acids is 4. The molecule has 0 aromatic heterocycles. The molecule has 11 nitrogen and oxygen atoms in total. The van der Waals surface area contributed by atoms with Crippen molar-refractivity contribution in [2.75, 3.05) is 12.3 Å². The van der Waals surface area contributed by atoms with Gasteiger partial charge in [0.1, 0.15) is 18.6 Å². The van der Waals surface area contributed by atoms with E-state index in [0.29, 0.717) is 24.6 Å². The number of hydrogen-bond acceptors (Lipinski definition) is 8. The van der Waals surface area contributed by atoms with Crippen LogP contribution in [-0.2, 0) is 19.2 Å². The smallest absolute Gasteiger partial charge is 0.322 e. The Balaban J connectivity index is 2.89. The van der Waals surface area contributed by atoms with Crippen LogP contribution in [0, 0.1) is 0 Å². The zero-order chi connectivity index (χ0) is 25.7. The summed E-state index contributed by atoms with van der Waals surface area (Å²) in [5.74, 6) is -4.50. The van der Waals surface area contributed by atoms with Crippen molar-refractivity contribution in [1.29, 1.82) is 0 Å². The minimum atomic E-state index is -1.30. The van der Waals surface area contributed by atoms with Crippen LogP contribution in [0.25, 0.3) is 0 Å². The normalized spacial score (nSPS) is 12.3. The maximum absolute atomic E-state index is 12.8. The Bertz CT molecular complexity index is 921. The Morgan fingerprint density at radius 3 is 2.26 bits per heavy atom. The number of carbonyl (C=O) groups is 6. The number of benzene rings is 1. The first-order chi connectivity index (χ1) is 16.1. The van der Waals surface area contributed by atoms with Crippen molar-refractivity contribution in [3.8, 4) is 0 Å². The van der Waals surface area contributed by atoms with Gasteiger partial charge in [-0.2, -0.15) is 0 Å². The summed E-state index contributed by atoms with van der Waals surface area (Å²) < 4.78 is 0. The molecule has 1 unspecified atom stereocenters. The third kappa shape index (κ3) is 10.1. The van der Waals surface area contributed by atoms with Crippen molar-refractivity contribution in [1.82, 2.24) is 10.6 Å². The molecular formula is C22H29N3O8S. The number of ketones is 1. The number of unbranched alkanes of at least 4 members (excludes halogenated alkanes) is 1. The van der Waals surface area contributed by atoms with Crippen LogP contribution >= 0.6 is 11.8 Å². The average Bonchev–Trinajstić information content (AvgIpc) is 2.81. The quantitative estimate of drug-likeness (QED) is 0.217.